The molecule has 0 saturated carbocycles. The summed E-state index contributed by atoms with van der Waals surface area (Å²) in [6, 6.07) is 0. The molecule has 0 aromatic carbocycles. The number of thiol groups is 1. The monoisotopic (exact) mass is 245 g/mol. The number of thiocarbonyl (C=S) groups is 1. The van der Waals surface area contributed by atoms with Crippen molar-refractivity contribution in [1.82, 2.24) is 24.8 Å². The number of hydrogen-bond donors (Lipinski definition) is 3. The van der Waals surface area contributed by atoms with Crippen LogP contribution in [0.1, 0.15) is 0 Å². The van der Waals surface area contributed by atoms with Crippen molar-refractivity contribution in [3.05, 3.63) is 18.6 Å². The van der Waals surface area contributed by atoms with Gasteiger partial charge in [-0.2, -0.15) is 5.10 Å². The largest absolute Gasteiger partial charge is 0.339 e. The average molecular weight is 245 g/mol. The first kappa shape index (κ1) is 9.81. The third-order valence-corrected chi connectivity index (χ3v) is 3.46. The zero-order valence-corrected chi connectivity index (χ0v) is 9.44. The Labute approximate surface area is 95.9 Å². The van der Waals surface area contributed by atoms with Crippen molar-refractivity contribution >= 4 is 41.9 Å². The lowest BCUT2D eigenvalue weighted by Crippen LogP contribution is -2.40. The van der Waals surface area contributed by atoms with E-state index in [0.29, 0.717) is 10.3 Å². The predicted octanol–water partition coefficient (Wildman–Crippen LogP) is 0.771. The maximum absolute atomic E-state index is 5.11. The van der Waals surface area contributed by atoms with E-state index >= 15 is 0 Å². The molecule has 14 heavy (non-hydrogen) atoms. The zero-order valence-electron chi connectivity index (χ0n) is 6.91. The summed E-state index contributed by atoms with van der Waals surface area (Å²) in [6.07, 6.45) is 5.12. The minimum absolute atomic E-state index is 0.0566. The highest BCUT2D eigenvalue weighted by molar-refractivity contribution is 7.99. The van der Waals surface area contributed by atoms with Crippen molar-refractivity contribution in [2.45, 2.75) is 10.5 Å². The summed E-state index contributed by atoms with van der Waals surface area (Å²) in [4.78, 5) is 3.99. The summed E-state index contributed by atoms with van der Waals surface area (Å²) in [7, 11) is 0. The van der Waals surface area contributed by atoms with Crippen LogP contribution < -0.4 is 5.32 Å². The standard InChI is InChI=1S/C6H7N5S3/c12-4-1-2-7-6(13)11(4)14-5-8-3-9-10-5/h1-4,12H,(H,7,13)(H,8,9,10). The second-order valence-electron chi connectivity index (χ2n) is 2.43. The van der Waals surface area contributed by atoms with E-state index in [9.17, 15) is 0 Å². The van der Waals surface area contributed by atoms with Crippen LogP contribution in [0.2, 0.25) is 0 Å². The van der Waals surface area contributed by atoms with Crippen molar-refractivity contribution in [3.8, 4) is 0 Å². The van der Waals surface area contributed by atoms with Crippen LogP contribution in [0.25, 0.3) is 0 Å². The van der Waals surface area contributed by atoms with E-state index in [2.05, 4.69) is 33.1 Å². The van der Waals surface area contributed by atoms with Crippen LogP contribution in [-0.2, 0) is 0 Å². The second kappa shape index (κ2) is 4.20. The highest BCUT2D eigenvalue weighted by atomic mass is 32.2. The highest BCUT2D eigenvalue weighted by Gasteiger charge is 2.20. The molecule has 1 aromatic rings. The van der Waals surface area contributed by atoms with E-state index in [1.807, 2.05) is 10.4 Å². The molecule has 0 bridgehead atoms. The zero-order chi connectivity index (χ0) is 9.97. The van der Waals surface area contributed by atoms with Gasteiger partial charge in [0.15, 0.2) is 5.11 Å². The van der Waals surface area contributed by atoms with Gasteiger partial charge in [0.2, 0.25) is 5.16 Å². The van der Waals surface area contributed by atoms with Gasteiger partial charge < -0.3 is 5.32 Å². The molecule has 2 N–H and O–H groups in total. The van der Waals surface area contributed by atoms with Crippen molar-refractivity contribution in [2.75, 3.05) is 0 Å². The molecular weight excluding hydrogens is 238 g/mol. The Kier molecular flexibility index (Phi) is 2.94. The molecule has 0 spiro atoms. The molecule has 1 unspecified atom stereocenters. The maximum atomic E-state index is 5.11. The Balaban J connectivity index is 2.10. The van der Waals surface area contributed by atoms with Crippen molar-refractivity contribution in [3.63, 3.8) is 0 Å². The first-order valence-corrected chi connectivity index (χ1v) is 5.45. The average Bonchev–Trinajstić information content (AvgIpc) is 2.64. The molecule has 2 rings (SSSR count). The molecule has 5 nitrogen and oxygen atoms in total. The molecule has 1 aliphatic rings. The lowest BCUT2D eigenvalue weighted by atomic mass is 10.5. The van der Waals surface area contributed by atoms with E-state index in [0.717, 1.165) is 0 Å². The summed E-state index contributed by atoms with van der Waals surface area (Å²) >= 11 is 10.8. The molecule has 2 heterocycles. The summed E-state index contributed by atoms with van der Waals surface area (Å²) in [6.45, 7) is 0. The Bertz CT molecular complexity index is 348. The van der Waals surface area contributed by atoms with Gasteiger partial charge in [-0.3, -0.25) is 9.40 Å². The summed E-state index contributed by atoms with van der Waals surface area (Å²) in [5, 5.41) is 10.6. The Hall–Kier alpha value is -0.730. The van der Waals surface area contributed by atoms with E-state index < -0.39 is 0 Å². The highest BCUT2D eigenvalue weighted by Crippen LogP contribution is 2.25. The van der Waals surface area contributed by atoms with E-state index in [-0.39, 0.29) is 5.37 Å². The van der Waals surface area contributed by atoms with Crippen LogP contribution >= 0.6 is 36.8 Å². The normalized spacial score (nSPS) is 21.1. The van der Waals surface area contributed by atoms with E-state index in [1.165, 1.54) is 18.3 Å². The number of aromatic amines is 1. The third-order valence-electron chi connectivity index (χ3n) is 1.49. The Morgan fingerprint density at radius 3 is 3.14 bits per heavy atom. The van der Waals surface area contributed by atoms with Gasteiger partial charge in [-0.15, -0.1) is 12.6 Å². The van der Waals surface area contributed by atoms with Gasteiger partial charge in [-0.1, -0.05) is 0 Å². The Morgan fingerprint density at radius 2 is 2.50 bits per heavy atom. The van der Waals surface area contributed by atoms with Crippen LogP contribution in [0, 0.1) is 0 Å². The molecule has 0 amide bonds. The minimum atomic E-state index is -0.0566. The maximum Gasteiger partial charge on any atom is 0.204 e. The SMILES string of the molecule is S=C1NC=CC(S)N1Sc1ncn[nH]1. The quantitative estimate of drug-likeness (QED) is 0.406. The molecule has 1 aromatic heterocycles. The number of nitrogens with zero attached hydrogens (tertiary/aromatic N) is 3. The smallest absolute Gasteiger partial charge is 0.204 e. The fourth-order valence-corrected chi connectivity index (χ4v) is 2.30. The number of aromatic nitrogens is 3. The first-order chi connectivity index (χ1) is 6.77. The molecule has 1 atom stereocenters. The van der Waals surface area contributed by atoms with E-state index in [1.54, 1.807) is 6.20 Å². The van der Waals surface area contributed by atoms with Gasteiger partial charge in [0, 0.05) is 18.1 Å². The lowest BCUT2D eigenvalue weighted by Gasteiger charge is -2.28. The molecule has 0 aliphatic carbocycles. The van der Waals surface area contributed by atoms with E-state index in [4.69, 9.17) is 12.2 Å². The molecule has 0 radical (unpaired) electrons. The summed E-state index contributed by atoms with van der Waals surface area (Å²) in [5.41, 5.74) is 0. The second-order valence-corrected chi connectivity index (χ2v) is 4.31. The molecule has 0 saturated heterocycles. The predicted molar refractivity (Wildman–Crippen MR) is 61.7 cm³/mol. The van der Waals surface area contributed by atoms with Crippen LogP contribution in [0.5, 0.6) is 0 Å². The molecular formula is C6H7N5S3. The molecule has 0 fully saturated rings. The number of rotatable bonds is 2. The third kappa shape index (κ3) is 2.02. The number of hydrogen-bond acceptors (Lipinski definition) is 5. The van der Waals surface area contributed by atoms with Gasteiger partial charge in [-0.05, 0) is 18.3 Å². The van der Waals surface area contributed by atoms with Gasteiger partial charge in [0.25, 0.3) is 0 Å². The van der Waals surface area contributed by atoms with Crippen molar-refractivity contribution in [1.29, 1.82) is 0 Å². The van der Waals surface area contributed by atoms with Gasteiger partial charge in [-0.25, -0.2) is 4.98 Å². The number of nitrogens with one attached hydrogen (secondary N) is 2. The number of H-pyrrole nitrogens is 1. The molecule has 8 heteroatoms. The fourth-order valence-electron chi connectivity index (χ4n) is 0.894. The Morgan fingerprint density at radius 1 is 1.64 bits per heavy atom. The van der Waals surface area contributed by atoms with Crippen LogP contribution in [-0.4, -0.2) is 30.0 Å². The minimum Gasteiger partial charge on any atom is -0.339 e. The van der Waals surface area contributed by atoms with Crippen LogP contribution in [0.4, 0.5) is 0 Å². The van der Waals surface area contributed by atoms with Gasteiger partial charge in [0.1, 0.15) is 11.7 Å². The summed E-state index contributed by atoms with van der Waals surface area (Å²) < 4.78 is 1.82. The van der Waals surface area contributed by atoms with Gasteiger partial charge in [0.05, 0.1) is 0 Å². The lowest BCUT2D eigenvalue weighted by molar-refractivity contribution is 0.680. The summed E-state index contributed by atoms with van der Waals surface area (Å²) in [5.74, 6) is 0. The van der Waals surface area contributed by atoms with Crippen LogP contribution in [0.3, 0.4) is 0 Å². The molecule has 74 valence electrons. The fraction of sp³-hybridized carbons (Fsp3) is 0.167. The van der Waals surface area contributed by atoms with Crippen LogP contribution in [0.15, 0.2) is 23.8 Å². The van der Waals surface area contributed by atoms with Crippen molar-refractivity contribution in [2.24, 2.45) is 0 Å². The molecule has 1 aliphatic heterocycles. The van der Waals surface area contributed by atoms with Crippen molar-refractivity contribution < 1.29 is 0 Å². The topological polar surface area (TPSA) is 56.8 Å². The first-order valence-electron chi connectivity index (χ1n) is 3.75. The van der Waals surface area contributed by atoms with Gasteiger partial charge >= 0.3 is 0 Å².